The van der Waals surface area contributed by atoms with Crippen LogP contribution in [0.2, 0.25) is 0 Å². The highest BCUT2D eigenvalue weighted by Crippen LogP contribution is 2.23. The number of aromatic nitrogens is 1. The molecule has 1 rings (SSSR count). The molecule has 12 heavy (non-hydrogen) atoms. The molecule has 0 amide bonds. The number of methoxy groups -OCH3 is 1. The summed E-state index contributed by atoms with van der Waals surface area (Å²) in [7, 11) is 1.46. The number of hydrogen-bond donors (Lipinski definition) is 0. The second kappa shape index (κ2) is 3.90. The molecule has 0 radical (unpaired) electrons. The molecule has 1 aromatic rings. The van der Waals surface area contributed by atoms with E-state index < -0.39 is 6.36 Å². The zero-order valence-electron chi connectivity index (χ0n) is 6.95. The van der Waals surface area contributed by atoms with Crippen molar-refractivity contribution in [2.75, 3.05) is 7.11 Å². The Balaban J connectivity index is 2.82. The summed E-state index contributed by atoms with van der Waals surface area (Å²) in [5.74, 6) is 0.608. The van der Waals surface area contributed by atoms with Crippen LogP contribution in [0.3, 0.4) is 0 Å². The maximum Gasteiger partial charge on any atom is 0.256 e. The van der Waals surface area contributed by atoms with Crippen LogP contribution in [0.15, 0.2) is 18.3 Å². The SMILES string of the molecule is COc1ncccc1OC(C)F. The first-order valence-corrected chi connectivity index (χ1v) is 3.53. The van der Waals surface area contributed by atoms with Gasteiger partial charge in [0.1, 0.15) is 0 Å². The van der Waals surface area contributed by atoms with E-state index >= 15 is 0 Å². The lowest BCUT2D eigenvalue weighted by atomic mass is 10.4. The molecular formula is C8H10FNO2. The summed E-state index contributed by atoms with van der Waals surface area (Å²) in [5.41, 5.74) is 0. The maximum atomic E-state index is 12.4. The third-order valence-corrected chi connectivity index (χ3v) is 1.22. The standard InChI is InChI=1S/C8H10FNO2/c1-6(9)12-7-4-3-5-10-8(7)11-2/h3-6H,1-2H3. The summed E-state index contributed by atoms with van der Waals surface area (Å²) < 4.78 is 22.0. The van der Waals surface area contributed by atoms with Gasteiger partial charge in [-0.1, -0.05) is 0 Å². The molecule has 0 aromatic carbocycles. The van der Waals surface area contributed by atoms with Crippen LogP contribution in [0.4, 0.5) is 4.39 Å². The Morgan fingerprint density at radius 3 is 2.92 bits per heavy atom. The number of nitrogens with zero attached hydrogens (tertiary/aromatic N) is 1. The molecule has 0 aliphatic rings. The smallest absolute Gasteiger partial charge is 0.256 e. The van der Waals surface area contributed by atoms with Gasteiger partial charge in [-0.3, -0.25) is 0 Å². The number of rotatable bonds is 3. The molecule has 0 fully saturated rings. The highest BCUT2D eigenvalue weighted by atomic mass is 19.1. The predicted octanol–water partition coefficient (Wildman–Crippen LogP) is 1.78. The van der Waals surface area contributed by atoms with E-state index in [1.54, 1.807) is 18.3 Å². The van der Waals surface area contributed by atoms with Gasteiger partial charge in [0.25, 0.3) is 5.88 Å². The van der Waals surface area contributed by atoms with E-state index in [2.05, 4.69) is 4.98 Å². The molecule has 0 saturated carbocycles. The van der Waals surface area contributed by atoms with Gasteiger partial charge in [0.2, 0.25) is 6.36 Å². The topological polar surface area (TPSA) is 31.4 Å². The normalized spacial score (nSPS) is 12.2. The molecule has 0 bridgehead atoms. The summed E-state index contributed by atoms with van der Waals surface area (Å²) in [6, 6.07) is 3.25. The van der Waals surface area contributed by atoms with Crippen LogP contribution in [0, 0.1) is 0 Å². The van der Waals surface area contributed by atoms with Gasteiger partial charge in [0.15, 0.2) is 5.75 Å². The highest BCUT2D eigenvalue weighted by Gasteiger charge is 2.06. The quantitative estimate of drug-likeness (QED) is 0.694. The second-order valence-electron chi connectivity index (χ2n) is 2.17. The Bertz CT molecular complexity index is 253. The average molecular weight is 171 g/mol. The first-order valence-electron chi connectivity index (χ1n) is 3.53. The molecular weight excluding hydrogens is 161 g/mol. The highest BCUT2D eigenvalue weighted by molar-refractivity contribution is 5.32. The minimum Gasteiger partial charge on any atom is -0.478 e. The number of halogens is 1. The minimum atomic E-state index is -1.36. The predicted molar refractivity (Wildman–Crippen MR) is 42.0 cm³/mol. The van der Waals surface area contributed by atoms with Crippen molar-refractivity contribution in [1.82, 2.24) is 4.98 Å². The number of hydrogen-bond acceptors (Lipinski definition) is 3. The molecule has 66 valence electrons. The molecule has 0 N–H and O–H groups in total. The van der Waals surface area contributed by atoms with Crippen molar-refractivity contribution in [2.24, 2.45) is 0 Å². The van der Waals surface area contributed by atoms with Crippen molar-refractivity contribution < 1.29 is 13.9 Å². The van der Waals surface area contributed by atoms with Gasteiger partial charge in [-0.15, -0.1) is 0 Å². The van der Waals surface area contributed by atoms with Crippen molar-refractivity contribution in [1.29, 1.82) is 0 Å². The Morgan fingerprint density at radius 2 is 2.33 bits per heavy atom. The lowest BCUT2D eigenvalue weighted by Crippen LogP contribution is -2.05. The van der Waals surface area contributed by atoms with E-state index in [-0.39, 0.29) is 0 Å². The first-order chi connectivity index (χ1) is 5.74. The Kier molecular flexibility index (Phi) is 2.85. The molecule has 4 heteroatoms. The second-order valence-corrected chi connectivity index (χ2v) is 2.17. The molecule has 3 nitrogen and oxygen atoms in total. The zero-order valence-corrected chi connectivity index (χ0v) is 6.95. The Labute approximate surface area is 70.1 Å². The maximum absolute atomic E-state index is 12.4. The largest absolute Gasteiger partial charge is 0.478 e. The summed E-state index contributed by atoms with van der Waals surface area (Å²) >= 11 is 0. The van der Waals surface area contributed by atoms with Gasteiger partial charge >= 0.3 is 0 Å². The van der Waals surface area contributed by atoms with E-state index in [0.29, 0.717) is 11.6 Å². The van der Waals surface area contributed by atoms with Crippen LogP contribution in [0.1, 0.15) is 6.92 Å². The van der Waals surface area contributed by atoms with Crippen molar-refractivity contribution in [3.05, 3.63) is 18.3 Å². The van der Waals surface area contributed by atoms with Crippen molar-refractivity contribution >= 4 is 0 Å². The number of pyridine rings is 1. The molecule has 0 aliphatic carbocycles. The fraction of sp³-hybridized carbons (Fsp3) is 0.375. The van der Waals surface area contributed by atoms with E-state index in [9.17, 15) is 4.39 Å². The van der Waals surface area contributed by atoms with Gasteiger partial charge in [-0.25, -0.2) is 9.37 Å². The lowest BCUT2D eigenvalue weighted by Gasteiger charge is -2.08. The van der Waals surface area contributed by atoms with Crippen LogP contribution in [-0.2, 0) is 0 Å². The number of alkyl halides is 1. The van der Waals surface area contributed by atoms with Gasteiger partial charge in [-0.2, -0.15) is 0 Å². The zero-order chi connectivity index (χ0) is 8.97. The van der Waals surface area contributed by atoms with Crippen LogP contribution in [0.5, 0.6) is 11.6 Å². The van der Waals surface area contributed by atoms with Crippen LogP contribution < -0.4 is 9.47 Å². The minimum absolute atomic E-state index is 0.294. The van der Waals surface area contributed by atoms with Gasteiger partial charge in [0, 0.05) is 13.1 Å². The van der Waals surface area contributed by atoms with Gasteiger partial charge in [-0.05, 0) is 12.1 Å². The van der Waals surface area contributed by atoms with Gasteiger partial charge in [0.05, 0.1) is 7.11 Å². The molecule has 0 spiro atoms. The molecule has 0 aliphatic heterocycles. The van der Waals surface area contributed by atoms with Gasteiger partial charge < -0.3 is 9.47 Å². The van der Waals surface area contributed by atoms with Crippen LogP contribution in [0.25, 0.3) is 0 Å². The third kappa shape index (κ3) is 2.08. The van der Waals surface area contributed by atoms with Crippen LogP contribution >= 0.6 is 0 Å². The Morgan fingerprint density at radius 1 is 1.58 bits per heavy atom. The fourth-order valence-electron chi connectivity index (χ4n) is 0.794. The molecule has 1 unspecified atom stereocenters. The van der Waals surface area contributed by atoms with E-state index in [0.717, 1.165) is 0 Å². The van der Waals surface area contributed by atoms with Crippen LogP contribution in [-0.4, -0.2) is 18.5 Å². The molecule has 1 heterocycles. The monoisotopic (exact) mass is 171 g/mol. The number of ether oxygens (including phenoxy) is 2. The Hall–Kier alpha value is -1.32. The van der Waals surface area contributed by atoms with Crippen molar-refractivity contribution in [2.45, 2.75) is 13.3 Å². The van der Waals surface area contributed by atoms with Crippen molar-refractivity contribution in [3.8, 4) is 11.6 Å². The van der Waals surface area contributed by atoms with E-state index in [1.165, 1.54) is 14.0 Å². The van der Waals surface area contributed by atoms with E-state index in [1.807, 2.05) is 0 Å². The van der Waals surface area contributed by atoms with Crippen molar-refractivity contribution in [3.63, 3.8) is 0 Å². The fourth-order valence-corrected chi connectivity index (χ4v) is 0.794. The molecule has 1 aromatic heterocycles. The molecule has 0 saturated heterocycles. The summed E-state index contributed by atoms with van der Waals surface area (Å²) in [5, 5.41) is 0. The summed E-state index contributed by atoms with van der Waals surface area (Å²) in [4.78, 5) is 3.84. The van der Waals surface area contributed by atoms with E-state index in [4.69, 9.17) is 9.47 Å². The summed E-state index contributed by atoms with van der Waals surface area (Å²) in [6.07, 6.45) is 0.192. The lowest BCUT2D eigenvalue weighted by molar-refractivity contribution is 0.0818. The molecule has 1 atom stereocenters. The average Bonchev–Trinajstić information content (AvgIpc) is 2.04. The third-order valence-electron chi connectivity index (χ3n) is 1.22. The first kappa shape index (κ1) is 8.77. The summed E-state index contributed by atoms with van der Waals surface area (Å²) in [6.45, 7) is 1.30.